The van der Waals surface area contributed by atoms with Gasteiger partial charge in [0.1, 0.15) is 6.54 Å². The lowest BCUT2D eigenvalue weighted by atomic mass is 9.80. The Morgan fingerprint density at radius 3 is 2.41 bits per heavy atom. The maximum absolute atomic E-state index is 12.5. The lowest BCUT2D eigenvalue weighted by Gasteiger charge is -2.25. The predicted octanol–water partition coefficient (Wildman–Crippen LogP) is 8.12. The zero-order valence-electron chi connectivity index (χ0n) is 31.6. The van der Waals surface area contributed by atoms with Crippen LogP contribution < -0.4 is 10.2 Å². The minimum absolute atomic E-state index is 0.0824. The van der Waals surface area contributed by atoms with E-state index < -0.39 is 0 Å². The Morgan fingerprint density at radius 2 is 1.70 bits per heavy atom. The first-order valence-corrected chi connectivity index (χ1v) is 19.5. The summed E-state index contributed by atoms with van der Waals surface area (Å²) in [4.78, 5) is 51.7. The monoisotopic (exact) mass is 746 g/mol. The van der Waals surface area contributed by atoms with E-state index in [0.29, 0.717) is 6.42 Å². The Hall–Kier alpha value is -5.42. The summed E-state index contributed by atoms with van der Waals surface area (Å²) in [6, 6.07) is 16.1. The second kappa shape index (κ2) is 15.9. The number of imide groups is 1. The molecule has 0 fully saturated rings. The molecule has 1 N–H and O–H groups in total. The number of likely N-dealkylation sites (N-methyl/N-ethyl adjacent to an activating group) is 1. The second-order valence-electron chi connectivity index (χ2n) is 14.8. The van der Waals surface area contributed by atoms with Crippen molar-refractivity contribution in [2.24, 2.45) is 0 Å². The Bertz CT molecular complexity index is 2100. The summed E-state index contributed by atoms with van der Waals surface area (Å²) in [5.74, 6) is -0.772. The molecule has 0 radical (unpaired) electrons. The highest BCUT2D eigenvalue weighted by Crippen LogP contribution is 2.49. The van der Waals surface area contributed by atoms with Crippen molar-refractivity contribution in [3.63, 3.8) is 0 Å². The van der Waals surface area contributed by atoms with E-state index in [-0.39, 0.29) is 52.3 Å². The molecule has 1 aromatic heterocycles. The van der Waals surface area contributed by atoms with E-state index in [1.165, 1.54) is 39.6 Å². The van der Waals surface area contributed by atoms with Crippen molar-refractivity contribution in [3.05, 3.63) is 123 Å². The summed E-state index contributed by atoms with van der Waals surface area (Å²) in [5, 5.41) is 16.5. The fraction of sp³-hybridized carbons (Fsp3) is 0.349. The van der Waals surface area contributed by atoms with Crippen LogP contribution in [0.15, 0.2) is 102 Å². The number of amides is 3. The molecule has 4 heterocycles. The molecule has 3 aliphatic rings. The van der Waals surface area contributed by atoms with Gasteiger partial charge >= 0.3 is 0 Å². The number of benzene rings is 2. The van der Waals surface area contributed by atoms with Crippen molar-refractivity contribution in [2.75, 3.05) is 31.1 Å². The van der Waals surface area contributed by atoms with Gasteiger partial charge in [0.15, 0.2) is 5.71 Å². The van der Waals surface area contributed by atoms with Crippen molar-refractivity contribution >= 4 is 51.8 Å². The summed E-state index contributed by atoms with van der Waals surface area (Å²) in [6.45, 7) is 12.8. The van der Waals surface area contributed by atoms with Gasteiger partial charge in [-0.1, -0.05) is 38.1 Å². The number of carbonyl (C=O) groups excluding carboxylic acids is 3. The summed E-state index contributed by atoms with van der Waals surface area (Å²) >= 11 is 1.74. The van der Waals surface area contributed by atoms with Crippen molar-refractivity contribution in [2.45, 2.75) is 71.1 Å². The third-order valence-corrected chi connectivity index (χ3v) is 11.6. The maximum atomic E-state index is 12.5. The summed E-state index contributed by atoms with van der Waals surface area (Å²) in [7, 11) is 0. The molecule has 0 saturated carbocycles. The molecule has 54 heavy (non-hydrogen) atoms. The number of rotatable bonds is 15. The average Bonchev–Trinajstić information content (AvgIpc) is 3.89. The molecule has 11 heteroatoms. The highest BCUT2D eigenvalue weighted by molar-refractivity contribution is 7.13. The van der Waals surface area contributed by atoms with Crippen LogP contribution in [0.25, 0.3) is 10.4 Å². The van der Waals surface area contributed by atoms with E-state index >= 15 is 0 Å². The summed E-state index contributed by atoms with van der Waals surface area (Å²) < 4.78 is 2.41. The molecule has 3 aliphatic heterocycles. The number of nitro benzene ring substituents is 1. The highest BCUT2D eigenvalue weighted by atomic mass is 32.1. The van der Waals surface area contributed by atoms with Gasteiger partial charge in [0.05, 0.1) is 10.3 Å². The quantitative estimate of drug-likeness (QED) is 0.0420. The molecule has 3 aromatic rings. The molecule has 0 bridgehead atoms. The number of nitrogens with zero attached hydrogens (tertiary/aromatic N) is 4. The largest absolute Gasteiger partial charge is 0.354 e. The first-order chi connectivity index (χ1) is 25.8. The van der Waals surface area contributed by atoms with Crippen LogP contribution in [0, 0.1) is 10.1 Å². The molecule has 6 rings (SSSR count). The summed E-state index contributed by atoms with van der Waals surface area (Å²) in [5.41, 5.74) is 7.41. The third-order valence-electron chi connectivity index (χ3n) is 10.7. The number of thiophene rings is 1. The van der Waals surface area contributed by atoms with Gasteiger partial charge < -0.3 is 10.2 Å². The Labute approximate surface area is 321 Å². The van der Waals surface area contributed by atoms with Crippen LogP contribution in [0.5, 0.6) is 0 Å². The predicted molar refractivity (Wildman–Crippen MR) is 215 cm³/mol. The second-order valence-corrected chi connectivity index (χ2v) is 15.8. The molecule has 0 aliphatic carbocycles. The van der Waals surface area contributed by atoms with E-state index in [4.69, 9.17) is 0 Å². The molecule has 0 unspecified atom stereocenters. The Kier molecular flexibility index (Phi) is 11.3. The number of fused-ring (bicyclic) bond motifs is 2. The van der Waals surface area contributed by atoms with Gasteiger partial charge in [0, 0.05) is 96.1 Å². The highest BCUT2D eigenvalue weighted by Gasteiger charge is 2.44. The number of hydrogen-bond acceptors (Lipinski definition) is 7. The van der Waals surface area contributed by atoms with Gasteiger partial charge in [-0.15, -0.1) is 11.3 Å². The van der Waals surface area contributed by atoms with Crippen LogP contribution in [0.1, 0.15) is 71.4 Å². The number of non-ortho nitro benzene ring substituents is 1. The van der Waals surface area contributed by atoms with Gasteiger partial charge in [-0.2, -0.15) is 4.58 Å². The number of hydrogen-bond donors (Lipinski definition) is 1. The van der Waals surface area contributed by atoms with Gasteiger partial charge in [-0.05, 0) is 80.5 Å². The smallest absolute Gasteiger partial charge is 0.269 e. The molecule has 0 saturated heterocycles. The van der Waals surface area contributed by atoms with Crippen LogP contribution >= 0.6 is 11.3 Å². The van der Waals surface area contributed by atoms with Crippen molar-refractivity contribution in [1.82, 2.24) is 10.2 Å². The van der Waals surface area contributed by atoms with E-state index in [2.05, 4.69) is 103 Å². The van der Waals surface area contributed by atoms with Crippen LogP contribution in [0.4, 0.5) is 17.1 Å². The lowest BCUT2D eigenvalue weighted by Crippen LogP contribution is -2.38. The van der Waals surface area contributed by atoms with E-state index in [1.54, 1.807) is 23.5 Å². The Balaban J connectivity index is 1.15. The number of unbranched alkanes of at least 4 members (excludes halogenated alkanes) is 2. The van der Waals surface area contributed by atoms with Crippen LogP contribution in [0.2, 0.25) is 0 Å². The fourth-order valence-corrected chi connectivity index (χ4v) is 8.49. The Morgan fingerprint density at radius 1 is 0.926 bits per heavy atom. The maximum Gasteiger partial charge on any atom is 0.269 e. The number of carbonyl (C=O) groups is 3. The van der Waals surface area contributed by atoms with Crippen molar-refractivity contribution < 1.29 is 23.9 Å². The third kappa shape index (κ3) is 7.64. The topological polar surface area (TPSA) is 116 Å². The first-order valence-electron chi connectivity index (χ1n) is 18.6. The normalized spacial score (nSPS) is 17.8. The number of anilines is 1. The van der Waals surface area contributed by atoms with Crippen LogP contribution in [-0.2, 0) is 25.2 Å². The van der Waals surface area contributed by atoms with Crippen LogP contribution in [0.3, 0.4) is 0 Å². The number of allylic oxidation sites excluding steroid dienone is 6. The molecule has 280 valence electrons. The van der Waals surface area contributed by atoms with E-state index in [1.807, 2.05) is 18.2 Å². The zero-order chi connectivity index (χ0) is 38.6. The minimum Gasteiger partial charge on any atom is -0.354 e. The molecule has 0 spiro atoms. The zero-order valence-corrected chi connectivity index (χ0v) is 32.4. The molecule has 3 amide bonds. The SMILES string of the molecule is CCN1/C(=C/C=C/C=C/C2=[N+](CCCCCC(=O)NCCN3C(=O)C=CC3=O)c3ccc(-c4cccs4)cc3C2(C)C)C(C)(C)c2cc([N+](=O)[O-])ccc21. The lowest BCUT2D eigenvalue weighted by molar-refractivity contribution is -0.438. The average molecular weight is 747 g/mol. The molecule has 10 nitrogen and oxygen atoms in total. The van der Waals surface area contributed by atoms with E-state index in [9.17, 15) is 24.5 Å². The summed E-state index contributed by atoms with van der Waals surface area (Å²) in [6.07, 6.45) is 15.9. The van der Waals surface area contributed by atoms with Crippen molar-refractivity contribution in [1.29, 1.82) is 0 Å². The van der Waals surface area contributed by atoms with Gasteiger partial charge in [0.2, 0.25) is 11.6 Å². The molecular formula is C43H48N5O5S+. The van der Waals surface area contributed by atoms with E-state index in [0.717, 1.165) is 54.2 Å². The fourth-order valence-electron chi connectivity index (χ4n) is 7.77. The number of nitro groups is 1. The van der Waals surface area contributed by atoms with Crippen molar-refractivity contribution in [3.8, 4) is 10.4 Å². The van der Waals surface area contributed by atoms with Gasteiger partial charge in [0.25, 0.3) is 17.5 Å². The molecule has 2 aromatic carbocycles. The standard InChI is InChI=1S/C43H47N5O5S/c1-6-45-34-21-19-31(48(52)53)29-33(34)43(4,5)37(45)15-9-7-10-16-38-42(2,3)32-28-30(36-14-13-27-54-36)18-20-35(32)46(38)25-12-8-11-17-39(49)44-24-26-47-40(50)22-23-41(47)51/h7,9-10,13-16,18-23,27-29H,6,8,11-12,17,24-26H2,1-5H3/p+1. The first kappa shape index (κ1) is 38.3. The van der Waals surface area contributed by atoms with Crippen LogP contribution in [-0.4, -0.2) is 64.0 Å². The molecular weight excluding hydrogens is 699 g/mol. The van der Waals surface area contributed by atoms with Gasteiger partial charge in [-0.3, -0.25) is 29.4 Å². The minimum atomic E-state index is -0.390. The number of nitrogens with one attached hydrogen (secondary N) is 1. The van der Waals surface area contributed by atoms with Gasteiger partial charge in [-0.25, -0.2) is 0 Å². The molecule has 0 atom stereocenters.